The van der Waals surface area contributed by atoms with Crippen molar-refractivity contribution < 1.29 is 5.11 Å². The predicted molar refractivity (Wildman–Crippen MR) is 80.9 cm³/mol. The van der Waals surface area contributed by atoms with Crippen molar-refractivity contribution in [1.29, 1.82) is 5.26 Å². The Balaban J connectivity index is 2.57. The highest BCUT2D eigenvalue weighted by Gasteiger charge is 2.17. The number of aromatic nitrogens is 1. The number of pyridine rings is 1. The molecule has 4 nitrogen and oxygen atoms in total. The summed E-state index contributed by atoms with van der Waals surface area (Å²) in [5.74, 6) is -0.318. The van der Waals surface area contributed by atoms with E-state index in [1.165, 1.54) is 4.57 Å². The van der Waals surface area contributed by atoms with Crippen LogP contribution in [0.3, 0.4) is 0 Å². The van der Waals surface area contributed by atoms with Crippen molar-refractivity contribution in [3.8, 4) is 17.5 Å². The van der Waals surface area contributed by atoms with Crippen LogP contribution in [-0.2, 0) is 0 Å². The number of aromatic hydroxyl groups is 1. The highest BCUT2D eigenvalue weighted by molar-refractivity contribution is 6.31. The maximum Gasteiger partial charge on any atom is 0.277 e. The molecule has 5 heteroatoms. The van der Waals surface area contributed by atoms with E-state index in [-0.39, 0.29) is 11.3 Å². The zero-order valence-corrected chi connectivity index (χ0v) is 11.5. The third kappa shape index (κ3) is 2.04. The molecule has 1 aromatic heterocycles. The molecule has 0 fully saturated rings. The highest BCUT2D eigenvalue weighted by Crippen LogP contribution is 2.29. The van der Waals surface area contributed by atoms with Crippen LogP contribution in [0.25, 0.3) is 16.6 Å². The minimum atomic E-state index is -0.573. The molecule has 0 bridgehead atoms. The van der Waals surface area contributed by atoms with E-state index < -0.39 is 5.56 Å². The lowest BCUT2D eigenvalue weighted by atomic mass is 10.1. The van der Waals surface area contributed by atoms with Gasteiger partial charge in [0.15, 0.2) is 5.56 Å². The summed E-state index contributed by atoms with van der Waals surface area (Å²) < 4.78 is 1.37. The first-order valence-electron chi connectivity index (χ1n) is 6.16. The van der Waals surface area contributed by atoms with Gasteiger partial charge in [0.25, 0.3) is 5.56 Å². The Bertz CT molecular complexity index is 940. The highest BCUT2D eigenvalue weighted by atomic mass is 35.5. The van der Waals surface area contributed by atoms with Gasteiger partial charge in [-0.1, -0.05) is 29.8 Å². The summed E-state index contributed by atoms with van der Waals surface area (Å²) in [6.07, 6.45) is 0. The van der Waals surface area contributed by atoms with Crippen molar-refractivity contribution in [2.24, 2.45) is 0 Å². The van der Waals surface area contributed by atoms with Gasteiger partial charge in [0.05, 0.1) is 5.52 Å². The second-order valence-electron chi connectivity index (χ2n) is 4.47. The van der Waals surface area contributed by atoms with E-state index >= 15 is 0 Å². The number of fused-ring (bicyclic) bond motifs is 1. The minimum Gasteiger partial charge on any atom is -0.506 e. The molecular formula is C16H9ClN2O2. The summed E-state index contributed by atoms with van der Waals surface area (Å²) >= 11 is 5.99. The molecule has 0 atom stereocenters. The first-order valence-corrected chi connectivity index (χ1v) is 6.54. The number of para-hydroxylation sites is 1. The molecule has 0 aliphatic carbocycles. The Hall–Kier alpha value is -2.77. The van der Waals surface area contributed by atoms with Crippen LogP contribution in [0.2, 0.25) is 5.02 Å². The van der Waals surface area contributed by atoms with Crippen LogP contribution >= 0.6 is 11.6 Å². The van der Waals surface area contributed by atoms with Gasteiger partial charge in [-0.15, -0.1) is 0 Å². The van der Waals surface area contributed by atoms with Crippen LogP contribution in [0, 0.1) is 11.3 Å². The zero-order valence-electron chi connectivity index (χ0n) is 10.7. The lowest BCUT2D eigenvalue weighted by molar-refractivity contribution is 0.478. The van der Waals surface area contributed by atoms with E-state index in [9.17, 15) is 9.90 Å². The van der Waals surface area contributed by atoms with Crippen molar-refractivity contribution in [3.05, 3.63) is 69.5 Å². The van der Waals surface area contributed by atoms with E-state index in [4.69, 9.17) is 16.9 Å². The van der Waals surface area contributed by atoms with Gasteiger partial charge < -0.3 is 5.11 Å². The standard InChI is InChI=1S/C16H9ClN2O2/c17-10-6-7-12-14(8-10)19(11-4-2-1-3-5-11)16(21)13(9-18)15(12)20/h1-8,20H. The molecule has 0 saturated heterocycles. The van der Waals surface area contributed by atoms with Gasteiger partial charge in [0.1, 0.15) is 11.8 Å². The van der Waals surface area contributed by atoms with Gasteiger partial charge in [-0.05, 0) is 30.3 Å². The summed E-state index contributed by atoms with van der Waals surface area (Å²) in [6, 6.07) is 15.5. The lowest BCUT2D eigenvalue weighted by Crippen LogP contribution is -2.21. The molecule has 0 aliphatic heterocycles. The molecular weight excluding hydrogens is 288 g/mol. The number of nitriles is 1. The van der Waals surface area contributed by atoms with Gasteiger partial charge in [-0.25, -0.2) is 0 Å². The van der Waals surface area contributed by atoms with Crippen LogP contribution in [0.4, 0.5) is 0 Å². The largest absolute Gasteiger partial charge is 0.506 e. The predicted octanol–water partition coefficient (Wildman–Crippen LogP) is 3.22. The molecule has 1 N–H and O–H groups in total. The van der Waals surface area contributed by atoms with Crippen molar-refractivity contribution in [1.82, 2.24) is 4.57 Å². The molecule has 21 heavy (non-hydrogen) atoms. The fourth-order valence-electron chi connectivity index (χ4n) is 2.28. The first kappa shape index (κ1) is 13.2. The van der Waals surface area contributed by atoms with E-state index in [2.05, 4.69) is 0 Å². The second-order valence-corrected chi connectivity index (χ2v) is 4.91. The van der Waals surface area contributed by atoms with Crippen LogP contribution < -0.4 is 5.56 Å². The maximum absolute atomic E-state index is 12.5. The molecule has 0 spiro atoms. The summed E-state index contributed by atoms with van der Waals surface area (Å²) in [5, 5.41) is 20.1. The molecule has 3 aromatic rings. The zero-order chi connectivity index (χ0) is 15.0. The summed E-state index contributed by atoms with van der Waals surface area (Å²) in [4.78, 5) is 12.5. The third-order valence-corrected chi connectivity index (χ3v) is 3.47. The molecule has 0 radical (unpaired) electrons. The fourth-order valence-corrected chi connectivity index (χ4v) is 2.45. The van der Waals surface area contributed by atoms with Crippen molar-refractivity contribution in [2.45, 2.75) is 0 Å². The van der Waals surface area contributed by atoms with Gasteiger partial charge in [-0.3, -0.25) is 9.36 Å². The maximum atomic E-state index is 12.5. The Kier molecular flexibility index (Phi) is 3.13. The summed E-state index contributed by atoms with van der Waals surface area (Å²) in [7, 11) is 0. The molecule has 0 aliphatic rings. The van der Waals surface area contributed by atoms with E-state index in [0.29, 0.717) is 21.6 Å². The summed E-state index contributed by atoms with van der Waals surface area (Å²) in [6.45, 7) is 0. The molecule has 0 saturated carbocycles. The second kappa shape index (κ2) is 4.97. The van der Waals surface area contributed by atoms with Crippen LogP contribution in [0.15, 0.2) is 53.3 Å². The molecule has 0 amide bonds. The molecule has 102 valence electrons. The van der Waals surface area contributed by atoms with Crippen molar-refractivity contribution in [3.63, 3.8) is 0 Å². The smallest absolute Gasteiger partial charge is 0.277 e. The van der Waals surface area contributed by atoms with Crippen LogP contribution in [-0.4, -0.2) is 9.67 Å². The average molecular weight is 297 g/mol. The van der Waals surface area contributed by atoms with E-state index in [1.807, 2.05) is 6.07 Å². The van der Waals surface area contributed by atoms with Crippen molar-refractivity contribution >= 4 is 22.5 Å². The molecule has 3 rings (SSSR count). The van der Waals surface area contributed by atoms with Gasteiger partial charge >= 0.3 is 0 Å². The molecule has 1 heterocycles. The minimum absolute atomic E-state index is 0.284. The van der Waals surface area contributed by atoms with Gasteiger partial charge in [0.2, 0.25) is 0 Å². The number of benzene rings is 2. The summed E-state index contributed by atoms with van der Waals surface area (Å²) in [5.41, 5.74) is 0.200. The van der Waals surface area contributed by atoms with Gasteiger partial charge in [0, 0.05) is 16.1 Å². The average Bonchev–Trinajstić information content (AvgIpc) is 2.48. The Labute approximate surface area is 125 Å². The molecule has 0 unspecified atom stereocenters. The fraction of sp³-hybridized carbons (Fsp3) is 0. The number of rotatable bonds is 1. The quantitative estimate of drug-likeness (QED) is 0.750. The topological polar surface area (TPSA) is 66.0 Å². The number of halogens is 1. The van der Waals surface area contributed by atoms with Crippen LogP contribution in [0.5, 0.6) is 5.75 Å². The third-order valence-electron chi connectivity index (χ3n) is 3.24. The van der Waals surface area contributed by atoms with E-state index in [1.54, 1.807) is 48.5 Å². The Morgan fingerprint density at radius 2 is 1.86 bits per heavy atom. The number of hydrogen-bond acceptors (Lipinski definition) is 3. The van der Waals surface area contributed by atoms with Gasteiger partial charge in [-0.2, -0.15) is 5.26 Å². The Morgan fingerprint density at radius 3 is 2.52 bits per heavy atom. The number of nitrogens with zero attached hydrogens (tertiary/aromatic N) is 2. The van der Waals surface area contributed by atoms with E-state index in [0.717, 1.165) is 0 Å². The Morgan fingerprint density at radius 1 is 1.14 bits per heavy atom. The molecule has 2 aromatic carbocycles. The SMILES string of the molecule is N#Cc1c(O)c2ccc(Cl)cc2n(-c2ccccc2)c1=O. The lowest BCUT2D eigenvalue weighted by Gasteiger charge is -2.12. The monoisotopic (exact) mass is 296 g/mol. The van der Waals surface area contributed by atoms with Crippen LogP contribution in [0.1, 0.15) is 5.56 Å². The van der Waals surface area contributed by atoms with Crippen molar-refractivity contribution in [2.75, 3.05) is 0 Å². The normalized spacial score (nSPS) is 10.5. The number of hydrogen-bond donors (Lipinski definition) is 1. The first-order chi connectivity index (χ1) is 10.1.